The van der Waals surface area contributed by atoms with Gasteiger partial charge in [0, 0.05) is 30.7 Å². The van der Waals surface area contributed by atoms with Crippen LogP contribution in [0.3, 0.4) is 0 Å². The van der Waals surface area contributed by atoms with Crippen LogP contribution in [0.2, 0.25) is 0 Å². The Balaban J connectivity index is 2.01. The molecule has 20 heavy (non-hydrogen) atoms. The van der Waals surface area contributed by atoms with Gasteiger partial charge in [-0.2, -0.15) is 0 Å². The van der Waals surface area contributed by atoms with Crippen molar-refractivity contribution in [3.05, 3.63) is 45.4 Å². The Morgan fingerprint density at radius 3 is 2.55 bits per heavy atom. The molecule has 0 aliphatic carbocycles. The van der Waals surface area contributed by atoms with Crippen LogP contribution in [0.15, 0.2) is 34.3 Å². The van der Waals surface area contributed by atoms with Gasteiger partial charge in [0.15, 0.2) is 0 Å². The number of halogens is 1. The van der Waals surface area contributed by atoms with Gasteiger partial charge in [-0.15, -0.1) is 0 Å². The highest BCUT2D eigenvalue weighted by Crippen LogP contribution is 2.30. The van der Waals surface area contributed by atoms with Crippen LogP contribution < -0.4 is 5.73 Å². The van der Waals surface area contributed by atoms with Crippen molar-refractivity contribution in [2.24, 2.45) is 11.1 Å². The quantitative estimate of drug-likeness (QED) is 0.842. The molecule has 2 N–H and O–H groups in total. The smallest absolute Gasteiger partial charge is 0.0248 e. The molecule has 1 aliphatic rings. The average molecular weight is 337 g/mol. The van der Waals surface area contributed by atoms with Crippen LogP contribution in [0.1, 0.15) is 38.3 Å². The molecule has 2 nitrogen and oxygen atoms in total. The third-order valence-corrected chi connectivity index (χ3v) is 4.74. The Labute approximate surface area is 131 Å². The van der Waals surface area contributed by atoms with E-state index in [-0.39, 0.29) is 0 Å². The third kappa shape index (κ3) is 3.94. The molecule has 0 atom stereocenters. The van der Waals surface area contributed by atoms with E-state index in [2.05, 4.69) is 65.9 Å². The maximum Gasteiger partial charge on any atom is 0.0248 e. The Hall–Kier alpha value is -0.640. The van der Waals surface area contributed by atoms with E-state index in [1.807, 2.05) is 0 Å². The monoisotopic (exact) mass is 336 g/mol. The molecule has 0 spiro atoms. The van der Waals surface area contributed by atoms with Gasteiger partial charge in [-0.25, -0.2) is 0 Å². The minimum absolute atomic E-state index is 0.315. The van der Waals surface area contributed by atoms with Crippen LogP contribution in [0.5, 0.6) is 0 Å². The standard InChI is InChI=1S/C17H25BrN2/c1-17(2,3)15-6-8-20(9-7-15)12-14-5-4-13(11-19)10-16(14)18/h4-6,10H,7-9,11-12,19H2,1-3H3. The first-order valence-corrected chi connectivity index (χ1v) is 8.08. The molecule has 1 aromatic carbocycles. The third-order valence-electron chi connectivity index (χ3n) is 4.00. The first kappa shape index (κ1) is 15.7. The van der Waals surface area contributed by atoms with Crippen LogP contribution in [0.4, 0.5) is 0 Å². The van der Waals surface area contributed by atoms with E-state index in [0.717, 1.165) is 19.6 Å². The van der Waals surface area contributed by atoms with Crippen molar-refractivity contribution in [3.63, 3.8) is 0 Å². The summed E-state index contributed by atoms with van der Waals surface area (Å²) in [5, 5.41) is 0. The van der Waals surface area contributed by atoms with Crippen molar-refractivity contribution in [3.8, 4) is 0 Å². The average Bonchev–Trinajstić information content (AvgIpc) is 2.40. The molecule has 0 unspecified atom stereocenters. The number of hydrogen-bond donors (Lipinski definition) is 1. The molecule has 1 aromatic rings. The predicted molar refractivity (Wildman–Crippen MR) is 89.5 cm³/mol. The second kappa shape index (κ2) is 6.42. The lowest BCUT2D eigenvalue weighted by Gasteiger charge is -2.32. The highest BCUT2D eigenvalue weighted by Gasteiger charge is 2.21. The number of benzene rings is 1. The van der Waals surface area contributed by atoms with Gasteiger partial charge in [-0.3, -0.25) is 4.90 Å². The Kier molecular flexibility index (Phi) is 5.05. The summed E-state index contributed by atoms with van der Waals surface area (Å²) in [4.78, 5) is 2.50. The molecule has 0 aromatic heterocycles. The second-order valence-electron chi connectivity index (χ2n) is 6.59. The molecule has 0 bridgehead atoms. The molecule has 110 valence electrons. The number of hydrogen-bond acceptors (Lipinski definition) is 2. The van der Waals surface area contributed by atoms with E-state index in [1.165, 1.54) is 22.0 Å². The maximum absolute atomic E-state index is 5.67. The molecular formula is C17H25BrN2. The fourth-order valence-electron chi connectivity index (χ4n) is 2.62. The van der Waals surface area contributed by atoms with E-state index in [9.17, 15) is 0 Å². The summed E-state index contributed by atoms with van der Waals surface area (Å²) in [5.41, 5.74) is 10.1. The Bertz CT molecular complexity index is 500. The number of nitrogens with two attached hydrogens (primary N) is 1. The summed E-state index contributed by atoms with van der Waals surface area (Å²) < 4.78 is 1.17. The lowest BCUT2D eigenvalue weighted by atomic mass is 9.83. The van der Waals surface area contributed by atoms with Crippen molar-refractivity contribution >= 4 is 15.9 Å². The Morgan fingerprint density at radius 1 is 1.30 bits per heavy atom. The van der Waals surface area contributed by atoms with Crippen LogP contribution >= 0.6 is 15.9 Å². The topological polar surface area (TPSA) is 29.3 Å². The zero-order valence-electron chi connectivity index (χ0n) is 12.7. The minimum Gasteiger partial charge on any atom is -0.326 e. The molecule has 0 saturated heterocycles. The fraction of sp³-hybridized carbons (Fsp3) is 0.529. The molecule has 1 aliphatic heterocycles. The number of nitrogens with zero attached hydrogens (tertiary/aromatic N) is 1. The van der Waals surface area contributed by atoms with Gasteiger partial charge in [-0.1, -0.05) is 60.5 Å². The predicted octanol–water partition coefficient (Wildman–Crippen LogP) is 4.09. The summed E-state index contributed by atoms with van der Waals surface area (Å²) in [6.45, 7) is 10.7. The summed E-state index contributed by atoms with van der Waals surface area (Å²) >= 11 is 3.66. The van der Waals surface area contributed by atoms with Gasteiger partial charge in [-0.05, 0) is 29.0 Å². The van der Waals surface area contributed by atoms with E-state index >= 15 is 0 Å². The van der Waals surface area contributed by atoms with Crippen molar-refractivity contribution in [2.75, 3.05) is 13.1 Å². The maximum atomic E-state index is 5.67. The van der Waals surface area contributed by atoms with Crippen molar-refractivity contribution in [2.45, 2.75) is 40.3 Å². The first-order chi connectivity index (χ1) is 9.40. The van der Waals surface area contributed by atoms with Crippen LogP contribution in [-0.2, 0) is 13.1 Å². The largest absolute Gasteiger partial charge is 0.326 e. The molecule has 3 heteroatoms. The SMILES string of the molecule is CC(C)(C)C1=CCN(Cc2ccc(CN)cc2Br)CC1. The minimum atomic E-state index is 0.315. The van der Waals surface area contributed by atoms with Gasteiger partial charge in [0.1, 0.15) is 0 Å². The van der Waals surface area contributed by atoms with E-state index < -0.39 is 0 Å². The van der Waals surface area contributed by atoms with Gasteiger partial charge >= 0.3 is 0 Å². The van der Waals surface area contributed by atoms with Gasteiger partial charge in [0.25, 0.3) is 0 Å². The summed E-state index contributed by atoms with van der Waals surface area (Å²) in [6, 6.07) is 6.45. The molecule has 2 rings (SSSR count). The van der Waals surface area contributed by atoms with Crippen LogP contribution in [0, 0.1) is 5.41 Å². The highest BCUT2D eigenvalue weighted by atomic mass is 79.9. The van der Waals surface area contributed by atoms with Crippen molar-refractivity contribution in [1.82, 2.24) is 4.90 Å². The van der Waals surface area contributed by atoms with Crippen molar-refractivity contribution in [1.29, 1.82) is 0 Å². The Morgan fingerprint density at radius 2 is 2.05 bits per heavy atom. The molecule has 1 heterocycles. The summed E-state index contributed by atoms with van der Waals surface area (Å²) in [5.74, 6) is 0. The van der Waals surface area contributed by atoms with Gasteiger partial charge < -0.3 is 5.73 Å². The highest BCUT2D eigenvalue weighted by molar-refractivity contribution is 9.10. The van der Waals surface area contributed by atoms with Crippen LogP contribution in [-0.4, -0.2) is 18.0 Å². The molecular weight excluding hydrogens is 312 g/mol. The van der Waals surface area contributed by atoms with Gasteiger partial charge in [0.2, 0.25) is 0 Å². The van der Waals surface area contributed by atoms with Gasteiger partial charge in [0.05, 0.1) is 0 Å². The van der Waals surface area contributed by atoms with Crippen molar-refractivity contribution < 1.29 is 0 Å². The normalized spacial score (nSPS) is 17.1. The summed E-state index contributed by atoms with van der Waals surface area (Å²) in [7, 11) is 0. The molecule has 0 saturated carbocycles. The number of rotatable bonds is 3. The lowest BCUT2D eigenvalue weighted by Crippen LogP contribution is -2.31. The van der Waals surface area contributed by atoms with E-state index in [1.54, 1.807) is 5.57 Å². The van der Waals surface area contributed by atoms with Crippen LogP contribution in [0.25, 0.3) is 0 Å². The molecule has 0 fully saturated rings. The summed E-state index contributed by atoms with van der Waals surface area (Å²) in [6.07, 6.45) is 3.59. The first-order valence-electron chi connectivity index (χ1n) is 7.29. The second-order valence-corrected chi connectivity index (χ2v) is 7.45. The lowest BCUT2D eigenvalue weighted by molar-refractivity contribution is 0.271. The van der Waals surface area contributed by atoms with E-state index in [4.69, 9.17) is 5.73 Å². The fourth-order valence-corrected chi connectivity index (χ4v) is 3.17. The zero-order valence-corrected chi connectivity index (χ0v) is 14.3. The molecule has 0 amide bonds. The molecule has 0 radical (unpaired) electrons. The zero-order chi connectivity index (χ0) is 14.8. The van der Waals surface area contributed by atoms with E-state index in [0.29, 0.717) is 12.0 Å².